The van der Waals surface area contributed by atoms with Crippen LogP contribution in [-0.4, -0.2) is 16.7 Å². The first kappa shape index (κ1) is 21.9. The summed E-state index contributed by atoms with van der Waals surface area (Å²) < 4.78 is 0. The highest BCUT2D eigenvalue weighted by atomic mass is 35.5. The van der Waals surface area contributed by atoms with E-state index >= 15 is 0 Å². The minimum absolute atomic E-state index is 0.217. The average molecular weight is 485 g/mol. The van der Waals surface area contributed by atoms with Gasteiger partial charge in [-0.2, -0.15) is 0 Å². The molecular weight excluding hydrogens is 467 g/mol. The van der Waals surface area contributed by atoms with E-state index in [1.807, 2.05) is 48.5 Å². The van der Waals surface area contributed by atoms with Crippen LogP contribution in [0.1, 0.15) is 15.9 Å². The van der Waals surface area contributed by atoms with Gasteiger partial charge in [-0.05, 0) is 78.9 Å². The summed E-state index contributed by atoms with van der Waals surface area (Å²) in [6, 6.07) is 27.4. The van der Waals surface area contributed by atoms with Crippen molar-refractivity contribution in [2.45, 2.75) is 0 Å². The van der Waals surface area contributed by atoms with Gasteiger partial charge in [-0.1, -0.05) is 35.3 Å². The van der Waals surface area contributed by atoms with Crippen LogP contribution in [0, 0.1) is 0 Å². The van der Waals surface area contributed by atoms with Crippen molar-refractivity contribution in [3.63, 3.8) is 0 Å². The normalized spacial score (nSPS) is 11.6. The Hall–Kier alpha value is -3.93. The number of amidine groups is 1. The van der Waals surface area contributed by atoms with Crippen LogP contribution in [0.15, 0.2) is 96.0 Å². The third-order valence-electron chi connectivity index (χ3n) is 5.35. The number of hydrogen-bond acceptors (Lipinski definition) is 3. The van der Waals surface area contributed by atoms with Crippen molar-refractivity contribution in [1.82, 2.24) is 4.98 Å². The Bertz CT molecular complexity index is 1560. The lowest BCUT2D eigenvalue weighted by molar-refractivity contribution is 0.102. The topological polar surface area (TPSA) is 80.4 Å². The molecule has 0 aliphatic heterocycles. The van der Waals surface area contributed by atoms with Crippen LogP contribution in [0.5, 0.6) is 0 Å². The Morgan fingerprint density at radius 2 is 1.32 bits per heavy atom. The molecule has 7 heteroatoms. The molecule has 5 aromatic rings. The van der Waals surface area contributed by atoms with Crippen LogP contribution in [0.2, 0.25) is 10.0 Å². The summed E-state index contributed by atoms with van der Waals surface area (Å²) in [7, 11) is 0. The molecule has 0 fully saturated rings. The van der Waals surface area contributed by atoms with Gasteiger partial charge in [-0.3, -0.25) is 4.79 Å². The quantitative estimate of drug-likeness (QED) is 0.164. The number of amides is 1. The zero-order valence-electron chi connectivity index (χ0n) is 17.8. The largest absolute Gasteiger partial charge is 0.383 e. The maximum atomic E-state index is 12.5. The van der Waals surface area contributed by atoms with E-state index in [-0.39, 0.29) is 5.91 Å². The van der Waals surface area contributed by atoms with Crippen LogP contribution < -0.4 is 11.1 Å². The molecule has 0 saturated carbocycles. The number of rotatable bonds is 4. The molecule has 3 N–H and O–H groups in total. The van der Waals surface area contributed by atoms with Crippen LogP contribution in [0.3, 0.4) is 0 Å². The molecule has 0 bridgehead atoms. The number of anilines is 1. The second-order valence-electron chi connectivity index (χ2n) is 7.74. The second kappa shape index (κ2) is 9.14. The highest BCUT2D eigenvalue weighted by molar-refractivity contribution is 6.31. The minimum Gasteiger partial charge on any atom is -0.383 e. The van der Waals surface area contributed by atoms with E-state index in [1.165, 1.54) is 0 Å². The number of nitrogens with one attached hydrogen (secondary N) is 1. The number of nitrogens with two attached hydrogens (primary N) is 1. The number of benzene rings is 4. The van der Waals surface area contributed by atoms with Crippen molar-refractivity contribution < 1.29 is 4.79 Å². The van der Waals surface area contributed by atoms with Gasteiger partial charge in [0.05, 0.1) is 16.7 Å². The van der Waals surface area contributed by atoms with E-state index in [9.17, 15) is 4.79 Å². The maximum absolute atomic E-state index is 12.5. The number of halogens is 2. The molecule has 0 radical (unpaired) electrons. The summed E-state index contributed by atoms with van der Waals surface area (Å²) in [6.07, 6.45) is 0. The number of carbonyl (C=O) groups is 1. The first-order chi connectivity index (χ1) is 16.4. The van der Waals surface area contributed by atoms with E-state index in [2.05, 4.69) is 16.4 Å². The monoisotopic (exact) mass is 484 g/mol. The Labute approximate surface area is 205 Å². The molecule has 0 unspecified atom stereocenters. The Morgan fingerprint density at radius 3 is 2.00 bits per heavy atom. The molecule has 5 rings (SSSR count). The molecule has 0 aliphatic carbocycles. The lowest BCUT2D eigenvalue weighted by Crippen LogP contribution is -2.12. The van der Waals surface area contributed by atoms with Gasteiger partial charge < -0.3 is 11.1 Å². The first-order valence-corrected chi connectivity index (χ1v) is 11.2. The summed E-state index contributed by atoms with van der Waals surface area (Å²) in [5.41, 5.74) is 10.4. The lowest BCUT2D eigenvalue weighted by Gasteiger charge is -2.08. The summed E-state index contributed by atoms with van der Waals surface area (Å²) in [4.78, 5) is 21.9. The molecule has 166 valence electrons. The average Bonchev–Trinajstić information content (AvgIpc) is 2.83. The fourth-order valence-corrected chi connectivity index (χ4v) is 3.84. The summed E-state index contributed by atoms with van der Waals surface area (Å²) in [6.45, 7) is 0. The van der Waals surface area contributed by atoms with Crippen molar-refractivity contribution in [2.24, 2.45) is 10.7 Å². The third kappa shape index (κ3) is 4.71. The van der Waals surface area contributed by atoms with Crippen molar-refractivity contribution in [3.8, 4) is 0 Å². The second-order valence-corrected chi connectivity index (χ2v) is 8.61. The van der Waals surface area contributed by atoms with Crippen molar-refractivity contribution in [3.05, 3.63) is 112 Å². The van der Waals surface area contributed by atoms with Gasteiger partial charge in [0.1, 0.15) is 5.84 Å². The first-order valence-electron chi connectivity index (χ1n) is 10.5. The van der Waals surface area contributed by atoms with E-state index < -0.39 is 0 Å². The molecule has 0 atom stereocenters. The predicted molar refractivity (Wildman–Crippen MR) is 140 cm³/mol. The number of carbonyl (C=O) groups excluding carboxylic acids is 1. The molecule has 34 heavy (non-hydrogen) atoms. The molecule has 1 amide bonds. The maximum Gasteiger partial charge on any atom is 0.255 e. The van der Waals surface area contributed by atoms with Crippen LogP contribution in [-0.2, 0) is 0 Å². The van der Waals surface area contributed by atoms with Crippen molar-refractivity contribution in [1.29, 1.82) is 0 Å². The summed E-state index contributed by atoms with van der Waals surface area (Å²) in [5, 5.41) is 6.08. The van der Waals surface area contributed by atoms with Gasteiger partial charge in [0.15, 0.2) is 0 Å². The number of pyridine rings is 1. The molecular formula is C27H18Cl2N4O. The fraction of sp³-hybridized carbons (Fsp3) is 0. The van der Waals surface area contributed by atoms with E-state index in [1.54, 1.807) is 36.4 Å². The van der Waals surface area contributed by atoms with E-state index in [0.717, 1.165) is 27.4 Å². The highest BCUT2D eigenvalue weighted by Crippen LogP contribution is 2.26. The van der Waals surface area contributed by atoms with Gasteiger partial charge in [0.25, 0.3) is 5.91 Å². The number of aromatic nitrogens is 1. The predicted octanol–water partition coefficient (Wildman–Crippen LogP) is 6.98. The molecule has 0 spiro atoms. The van der Waals surface area contributed by atoms with E-state index in [4.69, 9.17) is 33.9 Å². The Morgan fingerprint density at radius 1 is 0.735 bits per heavy atom. The van der Waals surface area contributed by atoms with E-state index in [0.29, 0.717) is 32.8 Å². The SMILES string of the molecule is NC(=Nc1ccc2cc3ccc(NC(=O)c4ccc(Cl)cc4)cc3nc2c1)c1ccc(Cl)cc1. The van der Waals surface area contributed by atoms with Gasteiger partial charge in [0, 0.05) is 37.6 Å². The van der Waals surface area contributed by atoms with Crippen LogP contribution >= 0.6 is 23.2 Å². The number of aliphatic imine (C=N–C) groups is 1. The van der Waals surface area contributed by atoms with Gasteiger partial charge in [-0.15, -0.1) is 0 Å². The van der Waals surface area contributed by atoms with Crippen LogP contribution in [0.4, 0.5) is 11.4 Å². The van der Waals surface area contributed by atoms with Crippen LogP contribution in [0.25, 0.3) is 21.8 Å². The third-order valence-corrected chi connectivity index (χ3v) is 5.85. The zero-order valence-corrected chi connectivity index (χ0v) is 19.3. The van der Waals surface area contributed by atoms with Gasteiger partial charge >= 0.3 is 0 Å². The van der Waals surface area contributed by atoms with Gasteiger partial charge in [-0.25, -0.2) is 9.98 Å². The standard InChI is InChI=1S/C27H18Cl2N4O/c28-20-7-1-16(2-8-20)26(30)31-22-11-5-18-13-19-6-12-23(15-25(19)33-24(18)14-22)32-27(34)17-3-9-21(29)10-4-17/h1-15H,(H2,30,31)(H,32,34). The number of nitrogens with zero attached hydrogens (tertiary/aromatic N) is 2. The minimum atomic E-state index is -0.217. The molecule has 4 aromatic carbocycles. The lowest BCUT2D eigenvalue weighted by atomic mass is 10.1. The fourth-order valence-electron chi connectivity index (χ4n) is 3.59. The Balaban J connectivity index is 1.45. The molecule has 1 aromatic heterocycles. The molecule has 0 saturated heterocycles. The molecule has 1 heterocycles. The smallest absolute Gasteiger partial charge is 0.255 e. The number of fused-ring (bicyclic) bond motifs is 2. The Kier molecular flexibility index (Phi) is 5.88. The molecule has 5 nitrogen and oxygen atoms in total. The summed E-state index contributed by atoms with van der Waals surface area (Å²) >= 11 is 11.9. The van der Waals surface area contributed by atoms with Crippen molar-refractivity contribution in [2.75, 3.05) is 5.32 Å². The van der Waals surface area contributed by atoms with Gasteiger partial charge in [0.2, 0.25) is 0 Å². The number of hydrogen-bond donors (Lipinski definition) is 2. The highest BCUT2D eigenvalue weighted by Gasteiger charge is 2.08. The zero-order chi connectivity index (χ0) is 23.7. The van der Waals surface area contributed by atoms with Crippen molar-refractivity contribution >= 4 is 68.1 Å². The molecule has 0 aliphatic rings. The summed E-state index contributed by atoms with van der Waals surface area (Å²) in [5.74, 6) is 0.176.